The monoisotopic (exact) mass is 432 g/mol. The predicted octanol–water partition coefficient (Wildman–Crippen LogP) is 1.78. The molecule has 1 atom stereocenters. The third kappa shape index (κ3) is 6.32. The molecule has 140 valence electrons. The van der Waals surface area contributed by atoms with Crippen LogP contribution >= 0.6 is 15.9 Å². The third-order valence-corrected chi connectivity index (χ3v) is 6.67. The summed E-state index contributed by atoms with van der Waals surface area (Å²) in [7, 11) is -0.0611. The highest BCUT2D eigenvalue weighted by Crippen LogP contribution is 2.19. The number of hydrogen-bond acceptors (Lipinski definition) is 5. The van der Waals surface area contributed by atoms with E-state index in [4.69, 9.17) is 0 Å². The van der Waals surface area contributed by atoms with E-state index in [0.717, 1.165) is 23.9 Å². The van der Waals surface area contributed by atoms with Gasteiger partial charge in [-0.1, -0.05) is 0 Å². The van der Waals surface area contributed by atoms with Gasteiger partial charge in [0.15, 0.2) is 0 Å². The van der Waals surface area contributed by atoms with Gasteiger partial charge in [-0.15, -0.1) is 0 Å². The lowest BCUT2D eigenvalue weighted by molar-refractivity contribution is -0.121. The van der Waals surface area contributed by atoms with Crippen molar-refractivity contribution in [2.75, 3.05) is 44.8 Å². The molecular formula is C16H25BrN4O3S. The van der Waals surface area contributed by atoms with Crippen molar-refractivity contribution in [3.63, 3.8) is 0 Å². The van der Waals surface area contributed by atoms with E-state index in [-0.39, 0.29) is 17.6 Å². The van der Waals surface area contributed by atoms with Gasteiger partial charge in [0.05, 0.1) is 11.7 Å². The van der Waals surface area contributed by atoms with Gasteiger partial charge in [-0.25, -0.2) is 17.7 Å². The minimum absolute atomic E-state index is 0.0274. The molecule has 7 nitrogen and oxygen atoms in total. The minimum atomic E-state index is -3.16. The average molecular weight is 433 g/mol. The molecule has 2 heterocycles. The van der Waals surface area contributed by atoms with Crippen molar-refractivity contribution >= 4 is 37.7 Å². The summed E-state index contributed by atoms with van der Waals surface area (Å²) in [5.74, 6) is 0.559. The number of piperidine rings is 1. The number of pyridine rings is 1. The molecule has 1 unspecified atom stereocenters. The number of nitrogens with one attached hydrogen (secondary N) is 1. The zero-order valence-corrected chi connectivity index (χ0v) is 17.0. The van der Waals surface area contributed by atoms with Crippen molar-refractivity contribution in [2.24, 2.45) is 5.92 Å². The van der Waals surface area contributed by atoms with E-state index in [9.17, 15) is 13.2 Å². The Morgan fingerprint density at radius 3 is 2.84 bits per heavy atom. The fourth-order valence-electron chi connectivity index (χ4n) is 2.80. The molecule has 1 amide bonds. The maximum Gasteiger partial charge on any atom is 0.229 e. The average Bonchev–Trinajstić information content (AvgIpc) is 2.57. The number of nitrogens with zero attached hydrogens (tertiary/aromatic N) is 3. The number of halogens is 1. The van der Waals surface area contributed by atoms with Gasteiger partial charge in [-0.3, -0.25) is 4.79 Å². The zero-order valence-electron chi connectivity index (χ0n) is 14.6. The lowest BCUT2D eigenvalue weighted by atomic mass is 9.97. The van der Waals surface area contributed by atoms with Crippen LogP contribution in [-0.2, 0) is 14.8 Å². The summed E-state index contributed by atoms with van der Waals surface area (Å²) in [4.78, 5) is 18.8. The minimum Gasteiger partial charge on any atom is -0.310 e. The molecule has 1 aromatic rings. The van der Waals surface area contributed by atoms with Crippen LogP contribution in [0.2, 0.25) is 0 Å². The van der Waals surface area contributed by atoms with Crippen molar-refractivity contribution in [1.29, 1.82) is 0 Å². The number of carbonyl (C=O) groups is 1. The number of amides is 1. The second-order valence-electron chi connectivity index (χ2n) is 6.44. The largest absolute Gasteiger partial charge is 0.310 e. The molecule has 25 heavy (non-hydrogen) atoms. The van der Waals surface area contributed by atoms with Crippen LogP contribution in [0.4, 0.5) is 5.82 Å². The van der Waals surface area contributed by atoms with E-state index < -0.39 is 10.0 Å². The molecule has 1 aliphatic rings. The van der Waals surface area contributed by atoms with Gasteiger partial charge in [-0.2, -0.15) is 0 Å². The van der Waals surface area contributed by atoms with E-state index in [0.29, 0.717) is 25.3 Å². The first-order valence-electron chi connectivity index (χ1n) is 8.33. The topological polar surface area (TPSA) is 82.6 Å². The molecule has 0 spiro atoms. The quantitative estimate of drug-likeness (QED) is 0.709. The van der Waals surface area contributed by atoms with Crippen LogP contribution in [-0.4, -0.2) is 68.0 Å². The number of sulfonamides is 1. The van der Waals surface area contributed by atoms with Gasteiger partial charge < -0.3 is 10.2 Å². The number of rotatable bonds is 7. The predicted molar refractivity (Wildman–Crippen MR) is 102 cm³/mol. The van der Waals surface area contributed by atoms with Crippen LogP contribution in [0.15, 0.2) is 22.8 Å². The molecule has 1 aromatic heterocycles. The second-order valence-corrected chi connectivity index (χ2v) is 9.66. The maximum atomic E-state index is 12.4. The molecule has 0 aliphatic carbocycles. The van der Waals surface area contributed by atoms with E-state index in [1.54, 1.807) is 26.4 Å². The number of anilines is 1. The summed E-state index contributed by atoms with van der Waals surface area (Å²) in [6.07, 6.45) is 4.00. The Morgan fingerprint density at radius 1 is 1.44 bits per heavy atom. The smallest absolute Gasteiger partial charge is 0.229 e. The van der Waals surface area contributed by atoms with Crippen molar-refractivity contribution in [3.05, 3.63) is 22.8 Å². The fraction of sp³-hybridized carbons (Fsp3) is 0.625. The molecule has 0 bridgehead atoms. The third-order valence-electron chi connectivity index (χ3n) is 4.29. The highest BCUT2D eigenvalue weighted by Gasteiger charge is 2.26. The van der Waals surface area contributed by atoms with Gasteiger partial charge in [-0.05, 0) is 60.4 Å². The van der Waals surface area contributed by atoms with Crippen LogP contribution in [0, 0.1) is 5.92 Å². The molecule has 0 radical (unpaired) electrons. The van der Waals surface area contributed by atoms with Gasteiger partial charge in [0.2, 0.25) is 15.9 Å². The van der Waals surface area contributed by atoms with Gasteiger partial charge in [0, 0.05) is 31.3 Å². The fourth-order valence-corrected chi connectivity index (χ4v) is 3.90. The summed E-state index contributed by atoms with van der Waals surface area (Å²) >= 11 is 3.32. The lowest BCUT2D eigenvalue weighted by Crippen LogP contribution is -2.41. The summed E-state index contributed by atoms with van der Waals surface area (Å²) < 4.78 is 25.7. The summed E-state index contributed by atoms with van der Waals surface area (Å²) in [6.45, 7) is 2.25. The standard InChI is InChI=1S/C16H25BrN4O3S/c1-20(2)25(23,24)10-4-9-21-8-3-5-13(12-21)16(22)19-15-7-6-14(17)11-18-15/h6-7,11,13H,3-5,8-10,12H2,1-2H3,(H,18,19,22). The molecule has 1 N–H and O–H groups in total. The summed E-state index contributed by atoms with van der Waals surface area (Å²) in [5, 5.41) is 2.85. The van der Waals surface area contributed by atoms with Crippen LogP contribution in [0.3, 0.4) is 0 Å². The Labute approximate surface area is 158 Å². The summed E-state index contributed by atoms with van der Waals surface area (Å²) in [6, 6.07) is 3.59. The zero-order chi connectivity index (χ0) is 18.4. The SMILES string of the molecule is CN(C)S(=O)(=O)CCCN1CCCC(C(=O)Nc2ccc(Br)cn2)C1. The molecule has 1 saturated heterocycles. The number of likely N-dealkylation sites (tertiary alicyclic amines) is 1. The molecule has 1 aliphatic heterocycles. The van der Waals surface area contributed by atoms with E-state index in [2.05, 4.69) is 31.1 Å². The number of aromatic nitrogens is 1. The first kappa shape index (κ1) is 20.3. The van der Waals surface area contributed by atoms with E-state index >= 15 is 0 Å². The molecule has 0 saturated carbocycles. The van der Waals surface area contributed by atoms with E-state index in [1.165, 1.54) is 4.31 Å². The molecule has 1 fully saturated rings. The molecular weight excluding hydrogens is 408 g/mol. The van der Waals surface area contributed by atoms with E-state index in [1.807, 2.05) is 6.07 Å². The van der Waals surface area contributed by atoms with Crippen molar-refractivity contribution in [3.8, 4) is 0 Å². The van der Waals surface area contributed by atoms with Crippen molar-refractivity contribution in [1.82, 2.24) is 14.2 Å². The number of carbonyl (C=O) groups excluding carboxylic acids is 1. The van der Waals surface area contributed by atoms with Crippen LogP contribution in [0.25, 0.3) is 0 Å². The van der Waals surface area contributed by atoms with Gasteiger partial charge in [0.25, 0.3) is 0 Å². The van der Waals surface area contributed by atoms with Crippen molar-refractivity contribution in [2.45, 2.75) is 19.3 Å². The van der Waals surface area contributed by atoms with Crippen molar-refractivity contribution < 1.29 is 13.2 Å². The number of hydrogen-bond donors (Lipinski definition) is 1. The highest BCUT2D eigenvalue weighted by atomic mass is 79.9. The normalized spacial score (nSPS) is 19.1. The highest BCUT2D eigenvalue weighted by molar-refractivity contribution is 9.10. The Kier molecular flexibility index (Phi) is 7.36. The van der Waals surface area contributed by atoms with Gasteiger partial charge in [0.1, 0.15) is 5.82 Å². The van der Waals surface area contributed by atoms with Crippen LogP contribution < -0.4 is 5.32 Å². The Bertz CT molecular complexity index is 679. The Hall–Kier alpha value is -1.03. The lowest BCUT2D eigenvalue weighted by Gasteiger charge is -2.31. The van der Waals surface area contributed by atoms with Gasteiger partial charge >= 0.3 is 0 Å². The Balaban J connectivity index is 1.81. The second kappa shape index (κ2) is 9.07. The van der Waals surface area contributed by atoms with Crippen LogP contribution in [0.5, 0.6) is 0 Å². The Morgan fingerprint density at radius 2 is 2.20 bits per heavy atom. The first-order valence-corrected chi connectivity index (χ1v) is 10.7. The maximum absolute atomic E-state index is 12.4. The van der Waals surface area contributed by atoms with Crippen LogP contribution in [0.1, 0.15) is 19.3 Å². The molecule has 9 heteroatoms. The molecule has 0 aromatic carbocycles. The first-order chi connectivity index (χ1) is 11.8. The summed E-state index contributed by atoms with van der Waals surface area (Å²) in [5.41, 5.74) is 0. The molecule has 2 rings (SSSR count).